The van der Waals surface area contributed by atoms with Crippen molar-refractivity contribution in [2.75, 3.05) is 11.9 Å². The lowest BCUT2D eigenvalue weighted by Crippen LogP contribution is -2.54. The first-order chi connectivity index (χ1) is 21.1. The van der Waals surface area contributed by atoms with Gasteiger partial charge in [-0.1, -0.05) is 26.8 Å². The maximum absolute atomic E-state index is 13.9. The van der Waals surface area contributed by atoms with E-state index in [2.05, 4.69) is 26.6 Å². The van der Waals surface area contributed by atoms with Crippen molar-refractivity contribution in [2.24, 2.45) is 5.41 Å². The zero-order valence-corrected chi connectivity index (χ0v) is 25.4. The molecule has 0 aromatic heterocycles. The maximum Gasteiger partial charge on any atom is 0.274 e. The predicted octanol–water partition coefficient (Wildman–Crippen LogP) is 1.66. The second kappa shape index (κ2) is 16.8. The topological polar surface area (TPSA) is 195 Å². The highest BCUT2D eigenvalue weighted by Gasteiger charge is 2.27. The van der Waals surface area contributed by atoms with Crippen LogP contribution in [0.3, 0.4) is 0 Å². The van der Waals surface area contributed by atoms with Crippen molar-refractivity contribution in [1.82, 2.24) is 26.7 Å². The van der Waals surface area contributed by atoms with E-state index in [0.717, 1.165) is 6.07 Å². The maximum atomic E-state index is 13.9. The molecule has 2 aromatic carbocycles. The third-order valence-electron chi connectivity index (χ3n) is 6.19. The van der Waals surface area contributed by atoms with E-state index in [9.17, 15) is 37.5 Å². The van der Waals surface area contributed by atoms with E-state index < -0.39 is 65.6 Å². The number of hydrogen-bond acceptors (Lipinski definition) is 7. The van der Waals surface area contributed by atoms with Crippen LogP contribution in [0.15, 0.2) is 42.5 Å². The van der Waals surface area contributed by atoms with Crippen LogP contribution in [0.25, 0.3) is 0 Å². The summed E-state index contributed by atoms with van der Waals surface area (Å²) in [5.74, 6) is -5.70. The Hall–Kier alpha value is -4.92. The van der Waals surface area contributed by atoms with Crippen LogP contribution in [-0.4, -0.2) is 59.3 Å². The Morgan fingerprint density at radius 1 is 0.822 bits per heavy atom. The first-order valence-electron chi connectivity index (χ1n) is 14.0. The van der Waals surface area contributed by atoms with Crippen molar-refractivity contribution in [3.05, 3.63) is 65.2 Å². The number of carbonyl (C=O) groups excluding carboxylic acids is 6. The van der Waals surface area contributed by atoms with E-state index in [1.807, 2.05) is 20.8 Å². The van der Waals surface area contributed by atoms with Gasteiger partial charge in [0.2, 0.25) is 29.5 Å². The average molecular weight is 633 g/mol. The zero-order chi connectivity index (χ0) is 33.7. The average Bonchev–Trinajstić information content (AvgIpc) is 2.97. The number of benzene rings is 2. The van der Waals surface area contributed by atoms with Gasteiger partial charge in [-0.05, 0) is 42.7 Å². The molecule has 0 saturated heterocycles. The minimum Gasteiger partial charge on any atom is -0.355 e. The lowest BCUT2D eigenvalue weighted by atomic mass is 9.97. The molecule has 244 valence electrons. The predicted molar refractivity (Wildman–Crippen MR) is 158 cm³/mol. The SMILES string of the molecule is C[C@H](NC(=O)[C@H](CC(=O)NCC(C)(C)C)NC(=O)CCC(=O)Nc1ccc(C(=O)NO)cc1)C(=O)NCc1ccc(F)cc1F. The van der Waals surface area contributed by atoms with E-state index in [-0.39, 0.29) is 35.9 Å². The molecular weight excluding hydrogens is 594 g/mol. The molecule has 0 aliphatic rings. The molecule has 0 radical (unpaired) electrons. The third kappa shape index (κ3) is 13.1. The standard InChI is InChI=1S/C30H38F2N6O7/c1-17(27(42)33-15-19-5-8-20(31)13-22(19)32)35-29(44)23(14-26(41)34-16-30(2,3)4)37-25(40)12-11-24(39)36-21-9-6-18(7-10-21)28(43)38-45/h5-10,13,17,23,45H,11-12,14-16H2,1-4H3,(H,33,42)(H,34,41)(H,35,44)(H,36,39)(H,37,40)(H,38,43)/t17-,23-/m0/s1. The summed E-state index contributed by atoms with van der Waals surface area (Å²) in [5, 5.41) is 21.2. The van der Waals surface area contributed by atoms with Gasteiger partial charge >= 0.3 is 0 Å². The Labute approximate surface area is 258 Å². The number of anilines is 1. The van der Waals surface area contributed by atoms with Crippen LogP contribution in [0.4, 0.5) is 14.5 Å². The number of nitrogens with one attached hydrogen (secondary N) is 6. The van der Waals surface area contributed by atoms with Gasteiger partial charge in [0.15, 0.2) is 0 Å². The highest BCUT2D eigenvalue weighted by molar-refractivity contribution is 5.97. The molecule has 0 unspecified atom stereocenters. The van der Waals surface area contributed by atoms with E-state index in [1.54, 1.807) is 0 Å². The fourth-order valence-electron chi connectivity index (χ4n) is 3.70. The van der Waals surface area contributed by atoms with Crippen LogP contribution in [0.5, 0.6) is 0 Å². The van der Waals surface area contributed by atoms with Gasteiger partial charge in [0.1, 0.15) is 23.7 Å². The molecule has 0 fully saturated rings. The molecule has 2 aromatic rings. The highest BCUT2D eigenvalue weighted by atomic mass is 19.1. The molecule has 0 spiro atoms. The Morgan fingerprint density at radius 3 is 2.07 bits per heavy atom. The summed E-state index contributed by atoms with van der Waals surface area (Å²) in [6, 6.07) is 5.91. The lowest BCUT2D eigenvalue weighted by molar-refractivity contribution is -0.134. The molecule has 45 heavy (non-hydrogen) atoms. The van der Waals surface area contributed by atoms with E-state index in [4.69, 9.17) is 5.21 Å². The first-order valence-corrected chi connectivity index (χ1v) is 14.0. The Kier molecular flexibility index (Phi) is 13.5. The summed E-state index contributed by atoms with van der Waals surface area (Å²) in [6.07, 6.45) is -1.08. The number of rotatable bonds is 14. The summed E-state index contributed by atoms with van der Waals surface area (Å²) in [6.45, 7) is 7.04. The van der Waals surface area contributed by atoms with Gasteiger partial charge in [0.25, 0.3) is 5.91 Å². The normalized spacial score (nSPS) is 12.2. The van der Waals surface area contributed by atoms with Gasteiger partial charge in [0.05, 0.1) is 6.42 Å². The molecule has 6 amide bonds. The number of carbonyl (C=O) groups is 6. The monoisotopic (exact) mass is 632 g/mol. The van der Waals surface area contributed by atoms with Gasteiger partial charge in [-0.15, -0.1) is 0 Å². The summed E-state index contributed by atoms with van der Waals surface area (Å²) in [5.41, 5.74) is 1.74. The van der Waals surface area contributed by atoms with Crippen molar-refractivity contribution >= 4 is 41.1 Å². The number of amides is 6. The van der Waals surface area contributed by atoms with Crippen molar-refractivity contribution < 1.29 is 42.8 Å². The fourth-order valence-corrected chi connectivity index (χ4v) is 3.70. The molecule has 2 rings (SSSR count). The van der Waals surface area contributed by atoms with Crippen LogP contribution >= 0.6 is 0 Å². The molecular formula is C30H38F2N6O7. The molecule has 0 aliphatic carbocycles. The van der Waals surface area contributed by atoms with Crippen LogP contribution in [0.1, 0.15) is 62.9 Å². The lowest BCUT2D eigenvalue weighted by Gasteiger charge is -2.23. The van der Waals surface area contributed by atoms with Crippen molar-refractivity contribution in [2.45, 2.75) is 65.6 Å². The number of hydroxylamine groups is 1. The van der Waals surface area contributed by atoms with Gasteiger partial charge in [0, 0.05) is 48.8 Å². The molecule has 7 N–H and O–H groups in total. The second-order valence-corrected chi connectivity index (χ2v) is 11.4. The van der Waals surface area contributed by atoms with Crippen LogP contribution in [-0.2, 0) is 30.5 Å². The van der Waals surface area contributed by atoms with Crippen molar-refractivity contribution in [1.29, 1.82) is 0 Å². The van der Waals surface area contributed by atoms with Crippen molar-refractivity contribution in [3.8, 4) is 0 Å². The largest absolute Gasteiger partial charge is 0.355 e. The molecule has 13 nitrogen and oxygen atoms in total. The van der Waals surface area contributed by atoms with E-state index >= 15 is 0 Å². The Balaban J connectivity index is 1.98. The van der Waals surface area contributed by atoms with Crippen LogP contribution in [0.2, 0.25) is 0 Å². The molecule has 15 heteroatoms. The van der Waals surface area contributed by atoms with Gasteiger partial charge in [-0.2, -0.15) is 0 Å². The Bertz CT molecular complexity index is 1400. The molecule has 2 atom stereocenters. The first kappa shape index (κ1) is 36.3. The van der Waals surface area contributed by atoms with Gasteiger partial charge in [-0.3, -0.25) is 34.0 Å². The summed E-state index contributed by atoms with van der Waals surface area (Å²) in [7, 11) is 0. The highest BCUT2D eigenvalue weighted by Crippen LogP contribution is 2.12. The quantitative estimate of drug-likeness (QED) is 0.122. The summed E-state index contributed by atoms with van der Waals surface area (Å²) >= 11 is 0. The van der Waals surface area contributed by atoms with Gasteiger partial charge in [-0.25, -0.2) is 14.3 Å². The van der Waals surface area contributed by atoms with Gasteiger partial charge < -0.3 is 26.6 Å². The molecule has 0 aliphatic heterocycles. The minimum absolute atomic E-state index is 0.0269. The molecule has 0 saturated carbocycles. The number of halogens is 2. The summed E-state index contributed by atoms with van der Waals surface area (Å²) < 4.78 is 27.0. The molecule has 0 bridgehead atoms. The number of hydrogen-bond donors (Lipinski definition) is 7. The smallest absolute Gasteiger partial charge is 0.274 e. The van der Waals surface area contributed by atoms with E-state index in [1.165, 1.54) is 42.7 Å². The third-order valence-corrected chi connectivity index (χ3v) is 6.19. The fraction of sp³-hybridized carbons (Fsp3) is 0.400. The molecule has 0 heterocycles. The van der Waals surface area contributed by atoms with Crippen LogP contribution < -0.4 is 32.1 Å². The second-order valence-electron chi connectivity index (χ2n) is 11.4. The summed E-state index contributed by atoms with van der Waals surface area (Å²) in [4.78, 5) is 74.6. The van der Waals surface area contributed by atoms with Crippen molar-refractivity contribution in [3.63, 3.8) is 0 Å². The minimum atomic E-state index is -1.39. The van der Waals surface area contributed by atoms with Crippen LogP contribution in [0, 0.1) is 17.0 Å². The van der Waals surface area contributed by atoms with E-state index in [0.29, 0.717) is 18.3 Å². The zero-order valence-electron chi connectivity index (χ0n) is 25.4. The Morgan fingerprint density at radius 2 is 1.47 bits per heavy atom.